The summed E-state index contributed by atoms with van der Waals surface area (Å²) in [5.74, 6) is -0.156. The molecule has 21 heavy (non-hydrogen) atoms. The minimum atomic E-state index is -0.156. The van der Waals surface area contributed by atoms with E-state index in [0.29, 0.717) is 5.69 Å². The molecule has 1 N–H and O–H groups in total. The van der Waals surface area contributed by atoms with Gasteiger partial charge in [0.05, 0.1) is 4.88 Å². The van der Waals surface area contributed by atoms with E-state index in [9.17, 15) is 4.79 Å². The highest BCUT2D eigenvalue weighted by atomic mass is 32.1. The molecule has 2 heterocycles. The smallest absolute Gasteiger partial charge is 0.273 e. The van der Waals surface area contributed by atoms with Gasteiger partial charge in [0.15, 0.2) is 0 Å². The zero-order valence-electron chi connectivity index (χ0n) is 11.8. The van der Waals surface area contributed by atoms with Crippen LogP contribution in [0.5, 0.6) is 0 Å². The number of aryl methyl sites for hydroxylation is 2. The third kappa shape index (κ3) is 2.87. The Balaban J connectivity index is 1.83. The predicted octanol–water partition coefficient (Wildman–Crippen LogP) is 3.71. The van der Waals surface area contributed by atoms with Gasteiger partial charge in [-0.05, 0) is 36.6 Å². The number of thiophene rings is 1. The van der Waals surface area contributed by atoms with Crippen LogP contribution in [0.1, 0.15) is 16.1 Å². The highest BCUT2D eigenvalue weighted by molar-refractivity contribution is 7.13. The molecular weight excluding hydrogens is 282 g/mol. The standard InChI is InChI=1S/C16H15N3OS/c1-11-5-7-12(8-6-11)17-16(20)14-10-13(18-19(14)2)15-4-3-9-21-15/h3-10H,1-2H3,(H,17,20). The summed E-state index contributed by atoms with van der Waals surface area (Å²) in [4.78, 5) is 13.4. The topological polar surface area (TPSA) is 46.9 Å². The van der Waals surface area contributed by atoms with Crippen molar-refractivity contribution >= 4 is 22.9 Å². The Bertz CT molecular complexity index is 757. The Kier molecular flexibility index (Phi) is 3.58. The summed E-state index contributed by atoms with van der Waals surface area (Å²) >= 11 is 1.61. The second kappa shape index (κ2) is 5.54. The number of rotatable bonds is 3. The lowest BCUT2D eigenvalue weighted by Crippen LogP contribution is -2.15. The molecule has 3 aromatic rings. The quantitative estimate of drug-likeness (QED) is 0.801. The molecule has 2 aromatic heterocycles. The highest BCUT2D eigenvalue weighted by Crippen LogP contribution is 2.24. The summed E-state index contributed by atoms with van der Waals surface area (Å²) in [5.41, 5.74) is 3.30. The van der Waals surface area contributed by atoms with E-state index in [0.717, 1.165) is 21.8 Å². The normalized spacial score (nSPS) is 10.6. The highest BCUT2D eigenvalue weighted by Gasteiger charge is 2.14. The first kappa shape index (κ1) is 13.6. The zero-order valence-corrected chi connectivity index (χ0v) is 12.6. The van der Waals surface area contributed by atoms with E-state index in [2.05, 4.69) is 10.4 Å². The largest absolute Gasteiger partial charge is 0.321 e. The maximum atomic E-state index is 12.3. The first-order chi connectivity index (χ1) is 10.1. The molecule has 0 saturated carbocycles. The van der Waals surface area contributed by atoms with Crippen LogP contribution in [0.4, 0.5) is 5.69 Å². The van der Waals surface area contributed by atoms with Gasteiger partial charge >= 0.3 is 0 Å². The van der Waals surface area contributed by atoms with Gasteiger partial charge in [-0.3, -0.25) is 9.48 Å². The summed E-state index contributed by atoms with van der Waals surface area (Å²) in [6.45, 7) is 2.01. The first-order valence-electron chi connectivity index (χ1n) is 6.59. The number of nitrogens with zero attached hydrogens (tertiary/aromatic N) is 2. The summed E-state index contributed by atoms with van der Waals surface area (Å²) in [7, 11) is 1.78. The first-order valence-corrected chi connectivity index (χ1v) is 7.47. The maximum Gasteiger partial charge on any atom is 0.273 e. The maximum absolute atomic E-state index is 12.3. The van der Waals surface area contributed by atoms with Gasteiger partial charge in [-0.1, -0.05) is 23.8 Å². The number of carbonyl (C=O) groups excluding carboxylic acids is 1. The molecule has 0 aliphatic rings. The number of anilines is 1. The van der Waals surface area contributed by atoms with Crippen molar-refractivity contribution in [1.82, 2.24) is 9.78 Å². The molecule has 106 valence electrons. The lowest BCUT2D eigenvalue weighted by Gasteiger charge is -2.05. The Morgan fingerprint density at radius 2 is 2.00 bits per heavy atom. The second-order valence-electron chi connectivity index (χ2n) is 4.84. The van der Waals surface area contributed by atoms with Crippen molar-refractivity contribution in [3.05, 3.63) is 59.1 Å². The number of hydrogen-bond donors (Lipinski definition) is 1. The van der Waals surface area contributed by atoms with Crippen LogP contribution in [-0.4, -0.2) is 15.7 Å². The third-order valence-corrected chi connectivity index (χ3v) is 4.09. The number of benzene rings is 1. The number of hydrogen-bond acceptors (Lipinski definition) is 3. The van der Waals surface area contributed by atoms with Crippen LogP contribution in [0, 0.1) is 6.92 Å². The fourth-order valence-electron chi connectivity index (χ4n) is 2.06. The Labute approximate surface area is 127 Å². The van der Waals surface area contributed by atoms with Gasteiger partial charge < -0.3 is 5.32 Å². The van der Waals surface area contributed by atoms with Crippen LogP contribution in [0.3, 0.4) is 0 Å². The Hall–Kier alpha value is -2.40. The van der Waals surface area contributed by atoms with Crippen LogP contribution < -0.4 is 5.32 Å². The SMILES string of the molecule is Cc1ccc(NC(=O)c2cc(-c3cccs3)nn2C)cc1. The van der Waals surface area contributed by atoms with Gasteiger partial charge in [0.2, 0.25) is 0 Å². The third-order valence-electron chi connectivity index (χ3n) is 3.20. The van der Waals surface area contributed by atoms with Crippen molar-refractivity contribution in [2.24, 2.45) is 7.05 Å². The van der Waals surface area contributed by atoms with Crippen LogP contribution >= 0.6 is 11.3 Å². The van der Waals surface area contributed by atoms with E-state index in [1.807, 2.05) is 54.8 Å². The van der Waals surface area contributed by atoms with Crippen molar-refractivity contribution in [2.75, 3.05) is 5.32 Å². The fourth-order valence-corrected chi connectivity index (χ4v) is 2.74. The molecule has 0 bridgehead atoms. The zero-order chi connectivity index (χ0) is 14.8. The van der Waals surface area contributed by atoms with E-state index >= 15 is 0 Å². The van der Waals surface area contributed by atoms with Gasteiger partial charge in [0.25, 0.3) is 5.91 Å². The monoisotopic (exact) mass is 297 g/mol. The molecule has 0 aliphatic heterocycles. The van der Waals surface area contributed by atoms with Gasteiger partial charge in [-0.25, -0.2) is 0 Å². The average Bonchev–Trinajstić information content (AvgIpc) is 3.10. The molecule has 0 radical (unpaired) electrons. The van der Waals surface area contributed by atoms with Crippen LogP contribution in [0.2, 0.25) is 0 Å². The van der Waals surface area contributed by atoms with Crippen molar-refractivity contribution in [3.8, 4) is 10.6 Å². The van der Waals surface area contributed by atoms with Crippen LogP contribution in [-0.2, 0) is 7.05 Å². The molecule has 3 rings (SSSR count). The summed E-state index contributed by atoms with van der Waals surface area (Å²) in [5, 5.41) is 9.28. The Morgan fingerprint density at radius 3 is 2.67 bits per heavy atom. The van der Waals surface area contributed by atoms with Gasteiger partial charge in [-0.15, -0.1) is 11.3 Å². The summed E-state index contributed by atoms with van der Waals surface area (Å²) in [6, 6.07) is 13.5. The van der Waals surface area contributed by atoms with E-state index in [1.165, 1.54) is 0 Å². The van der Waals surface area contributed by atoms with Gasteiger partial charge in [-0.2, -0.15) is 5.10 Å². The average molecular weight is 297 g/mol. The predicted molar refractivity (Wildman–Crippen MR) is 85.7 cm³/mol. The lowest BCUT2D eigenvalue weighted by molar-refractivity contribution is 0.101. The molecule has 0 aliphatic carbocycles. The molecule has 0 unspecified atom stereocenters. The van der Waals surface area contributed by atoms with Crippen molar-refractivity contribution in [1.29, 1.82) is 0 Å². The number of nitrogens with one attached hydrogen (secondary N) is 1. The molecule has 0 fully saturated rings. The van der Waals surface area contributed by atoms with Gasteiger partial charge in [0.1, 0.15) is 11.4 Å². The van der Waals surface area contributed by atoms with Crippen molar-refractivity contribution in [3.63, 3.8) is 0 Å². The number of amides is 1. The van der Waals surface area contributed by atoms with Gasteiger partial charge in [0, 0.05) is 12.7 Å². The molecular formula is C16H15N3OS. The van der Waals surface area contributed by atoms with Crippen molar-refractivity contribution in [2.45, 2.75) is 6.92 Å². The van der Waals surface area contributed by atoms with Crippen molar-refractivity contribution < 1.29 is 4.79 Å². The van der Waals surface area contributed by atoms with E-state index in [1.54, 1.807) is 23.1 Å². The molecule has 1 aromatic carbocycles. The number of carbonyl (C=O) groups is 1. The van der Waals surface area contributed by atoms with Crippen LogP contribution in [0.25, 0.3) is 10.6 Å². The molecule has 0 saturated heterocycles. The molecule has 0 atom stereocenters. The van der Waals surface area contributed by atoms with E-state index in [4.69, 9.17) is 0 Å². The fraction of sp³-hybridized carbons (Fsp3) is 0.125. The minimum absolute atomic E-state index is 0.156. The van der Waals surface area contributed by atoms with E-state index in [-0.39, 0.29) is 5.91 Å². The molecule has 5 heteroatoms. The molecule has 4 nitrogen and oxygen atoms in total. The second-order valence-corrected chi connectivity index (χ2v) is 5.78. The number of aromatic nitrogens is 2. The van der Waals surface area contributed by atoms with Crippen LogP contribution in [0.15, 0.2) is 47.8 Å². The summed E-state index contributed by atoms with van der Waals surface area (Å²) < 4.78 is 1.61. The minimum Gasteiger partial charge on any atom is -0.321 e. The summed E-state index contributed by atoms with van der Waals surface area (Å²) in [6.07, 6.45) is 0. The van der Waals surface area contributed by atoms with E-state index < -0.39 is 0 Å². The lowest BCUT2D eigenvalue weighted by atomic mass is 10.2. The molecule has 0 spiro atoms. The molecule has 1 amide bonds. The Morgan fingerprint density at radius 1 is 1.24 bits per heavy atom.